The van der Waals surface area contributed by atoms with E-state index in [9.17, 15) is 4.79 Å². The second-order valence-electron chi connectivity index (χ2n) is 3.89. The summed E-state index contributed by atoms with van der Waals surface area (Å²) in [4.78, 5) is 11.8. The number of fused-ring (bicyclic) bond motifs is 1. The molecule has 0 atom stereocenters. The minimum atomic E-state index is 0.00231. The topological polar surface area (TPSA) is 35.5 Å². The highest BCUT2D eigenvalue weighted by atomic mass is 16.5. The van der Waals surface area contributed by atoms with Crippen LogP contribution in [0.4, 0.5) is 0 Å². The molecule has 0 unspecified atom stereocenters. The minimum Gasteiger partial charge on any atom is -0.490 e. The van der Waals surface area contributed by atoms with E-state index >= 15 is 0 Å². The van der Waals surface area contributed by atoms with E-state index in [2.05, 4.69) is 0 Å². The molecule has 3 nitrogen and oxygen atoms in total. The zero-order valence-electron chi connectivity index (χ0n) is 9.94. The molecule has 1 aromatic rings. The van der Waals surface area contributed by atoms with Gasteiger partial charge in [0.05, 0.1) is 13.2 Å². The van der Waals surface area contributed by atoms with Crippen LogP contribution >= 0.6 is 0 Å². The number of rotatable bonds is 3. The average Bonchev–Trinajstić information content (AvgIpc) is 2.60. The van der Waals surface area contributed by atoms with Crippen molar-refractivity contribution in [1.29, 1.82) is 0 Å². The van der Waals surface area contributed by atoms with Crippen molar-refractivity contribution in [3.63, 3.8) is 0 Å². The minimum absolute atomic E-state index is 0.00231. The molecule has 0 aromatic heterocycles. The fraction of sp³-hybridized carbons (Fsp3) is 0.357. The summed E-state index contributed by atoms with van der Waals surface area (Å²) < 4.78 is 11.1. The Morgan fingerprint density at radius 2 is 2.06 bits per heavy atom. The zero-order valence-corrected chi connectivity index (χ0v) is 9.94. The molecule has 17 heavy (non-hydrogen) atoms. The summed E-state index contributed by atoms with van der Waals surface area (Å²) >= 11 is 0. The lowest BCUT2D eigenvalue weighted by Crippen LogP contribution is -1.98. The molecular weight excluding hydrogens is 216 g/mol. The van der Waals surface area contributed by atoms with Gasteiger partial charge in [0, 0.05) is 12.0 Å². The van der Waals surface area contributed by atoms with E-state index in [0.717, 1.165) is 18.6 Å². The largest absolute Gasteiger partial charge is 0.490 e. The number of carbonyl (C=O) groups is 1. The standard InChI is InChI=1S/C14H16O3/c1-2-3-5-12(15)11-6-7-13-14(10-11)17-9-4-8-16-13/h3,5-7,10H,2,4,8-9H2,1H3/b5-3+. The molecule has 2 rings (SSSR count). The van der Waals surface area contributed by atoms with E-state index < -0.39 is 0 Å². The van der Waals surface area contributed by atoms with Crippen LogP contribution in [0.2, 0.25) is 0 Å². The molecule has 1 aliphatic heterocycles. The van der Waals surface area contributed by atoms with Crippen LogP contribution in [-0.2, 0) is 0 Å². The molecule has 0 saturated carbocycles. The highest BCUT2D eigenvalue weighted by Crippen LogP contribution is 2.30. The van der Waals surface area contributed by atoms with E-state index in [4.69, 9.17) is 9.47 Å². The van der Waals surface area contributed by atoms with Gasteiger partial charge in [-0.05, 0) is 30.7 Å². The molecule has 90 valence electrons. The number of benzene rings is 1. The first kappa shape index (κ1) is 11.7. The molecule has 0 saturated heterocycles. The number of ketones is 1. The number of hydrogen-bond acceptors (Lipinski definition) is 3. The van der Waals surface area contributed by atoms with Crippen molar-refractivity contribution >= 4 is 5.78 Å². The van der Waals surface area contributed by atoms with E-state index in [-0.39, 0.29) is 5.78 Å². The maximum Gasteiger partial charge on any atom is 0.185 e. The van der Waals surface area contributed by atoms with Gasteiger partial charge in [0.25, 0.3) is 0 Å². The van der Waals surface area contributed by atoms with E-state index in [1.807, 2.05) is 13.0 Å². The first-order valence-corrected chi connectivity index (χ1v) is 5.92. The van der Waals surface area contributed by atoms with Gasteiger partial charge in [-0.1, -0.05) is 13.0 Å². The fourth-order valence-corrected chi connectivity index (χ4v) is 1.64. The third-order valence-electron chi connectivity index (χ3n) is 2.54. The quantitative estimate of drug-likeness (QED) is 0.593. The molecular formula is C14H16O3. The molecule has 0 amide bonds. The van der Waals surface area contributed by atoms with Crippen LogP contribution in [0.25, 0.3) is 0 Å². The van der Waals surface area contributed by atoms with Crippen molar-refractivity contribution in [3.05, 3.63) is 35.9 Å². The van der Waals surface area contributed by atoms with Crippen molar-refractivity contribution in [1.82, 2.24) is 0 Å². The van der Waals surface area contributed by atoms with Gasteiger partial charge in [-0.15, -0.1) is 0 Å². The third kappa shape index (κ3) is 2.87. The van der Waals surface area contributed by atoms with Crippen molar-refractivity contribution in [2.24, 2.45) is 0 Å². The van der Waals surface area contributed by atoms with Crippen molar-refractivity contribution in [2.75, 3.05) is 13.2 Å². The second kappa shape index (κ2) is 5.53. The monoisotopic (exact) mass is 232 g/mol. The van der Waals surface area contributed by atoms with Gasteiger partial charge in [0.1, 0.15) is 0 Å². The predicted molar refractivity (Wildman–Crippen MR) is 65.8 cm³/mol. The second-order valence-corrected chi connectivity index (χ2v) is 3.89. The van der Waals surface area contributed by atoms with Crippen LogP contribution in [0.5, 0.6) is 11.5 Å². The van der Waals surface area contributed by atoms with Gasteiger partial charge in [-0.25, -0.2) is 0 Å². The highest BCUT2D eigenvalue weighted by molar-refractivity contribution is 6.04. The summed E-state index contributed by atoms with van der Waals surface area (Å²) in [5.41, 5.74) is 0.638. The van der Waals surface area contributed by atoms with Crippen LogP contribution in [0.1, 0.15) is 30.1 Å². The van der Waals surface area contributed by atoms with Gasteiger partial charge >= 0.3 is 0 Å². The van der Waals surface area contributed by atoms with E-state index in [1.54, 1.807) is 24.3 Å². The lowest BCUT2D eigenvalue weighted by Gasteiger charge is -2.07. The normalized spacial score (nSPS) is 14.6. The lowest BCUT2D eigenvalue weighted by molar-refractivity contribution is 0.104. The Kier molecular flexibility index (Phi) is 3.81. The fourth-order valence-electron chi connectivity index (χ4n) is 1.64. The maximum absolute atomic E-state index is 11.8. The van der Waals surface area contributed by atoms with E-state index in [1.165, 1.54) is 0 Å². The van der Waals surface area contributed by atoms with Crippen molar-refractivity contribution in [3.8, 4) is 11.5 Å². The Morgan fingerprint density at radius 3 is 2.82 bits per heavy atom. The first-order valence-electron chi connectivity index (χ1n) is 5.92. The number of ether oxygens (including phenoxy) is 2. The molecule has 1 heterocycles. The SMILES string of the molecule is CC/C=C/C(=O)c1ccc2c(c1)OCCCO2. The van der Waals surface area contributed by atoms with Gasteiger partial charge in [0.2, 0.25) is 0 Å². The summed E-state index contributed by atoms with van der Waals surface area (Å²) in [6, 6.07) is 5.33. The molecule has 1 aromatic carbocycles. The maximum atomic E-state index is 11.8. The summed E-state index contributed by atoms with van der Waals surface area (Å²) in [6.07, 6.45) is 5.18. The molecule has 3 heteroatoms. The zero-order chi connectivity index (χ0) is 12.1. The van der Waals surface area contributed by atoms with Crippen LogP contribution in [0.3, 0.4) is 0 Å². The molecule has 0 N–H and O–H groups in total. The highest BCUT2D eigenvalue weighted by Gasteiger charge is 2.12. The van der Waals surface area contributed by atoms with Gasteiger partial charge in [-0.3, -0.25) is 4.79 Å². The Labute approximate surface area is 101 Å². The Morgan fingerprint density at radius 1 is 1.29 bits per heavy atom. The summed E-state index contributed by atoms with van der Waals surface area (Å²) in [5, 5.41) is 0. The van der Waals surface area contributed by atoms with Crippen LogP contribution in [-0.4, -0.2) is 19.0 Å². The molecule has 0 spiro atoms. The molecule has 0 bridgehead atoms. The summed E-state index contributed by atoms with van der Waals surface area (Å²) in [6.45, 7) is 3.29. The first-order chi connectivity index (χ1) is 8.31. The van der Waals surface area contributed by atoms with E-state index in [0.29, 0.717) is 24.5 Å². The Hall–Kier alpha value is -1.77. The molecule has 0 radical (unpaired) electrons. The Bertz CT molecular complexity index is 435. The number of carbonyl (C=O) groups excluding carboxylic acids is 1. The number of allylic oxidation sites excluding steroid dienone is 2. The predicted octanol–water partition coefficient (Wildman–Crippen LogP) is 3.00. The smallest absolute Gasteiger partial charge is 0.185 e. The Balaban J connectivity index is 2.23. The molecule has 0 aliphatic carbocycles. The van der Waals surface area contributed by atoms with Crippen LogP contribution in [0.15, 0.2) is 30.4 Å². The van der Waals surface area contributed by atoms with Gasteiger partial charge in [-0.2, -0.15) is 0 Å². The summed E-state index contributed by atoms with van der Waals surface area (Å²) in [7, 11) is 0. The molecule has 0 fully saturated rings. The molecule has 1 aliphatic rings. The summed E-state index contributed by atoms with van der Waals surface area (Å²) in [5.74, 6) is 1.39. The van der Waals surface area contributed by atoms with Crippen molar-refractivity contribution < 1.29 is 14.3 Å². The van der Waals surface area contributed by atoms with Crippen molar-refractivity contribution in [2.45, 2.75) is 19.8 Å². The lowest BCUT2D eigenvalue weighted by atomic mass is 10.1. The van der Waals surface area contributed by atoms with Crippen LogP contribution in [0, 0.1) is 0 Å². The average molecular weight is 232 g/mol. The third-order valence-corrected chi connectivity index (χ3v) is 2.54. The van der Waals surface area contributed by atoms with Gasteiger partial charge in [0.15, 0.2) is 17.3 Å². The van der Waals surface area contributed by atoms with Crippen LogP contribution < -0.4 is 9.47 Å². The van der Waals surface area contributed by atoms with Gasteiger partial charge < -0.3 is 9.47 Å². The number of hydrogen-bond donors (Lipinski definition) is 0.